The number of carbonyl (C=O) groups is 3. The highest BCUT2D eigenvalue weighted by Crippen LogP contribution is 2.55. The van der Waals surface area contributed by atoms with Crippen molar-refractivity contribution >= 4 is 58.2 Å². The second-order valence-electron chi connectivity index (χ2n) is 11.8. The van der Waals surface area contributed by atoms with Gasteiger partial charge in [-0.3, -0.25) is 14.4 Å². The first-order valence-corrected chi connectivity index (χ1v) is 15.2. The number of halogens is 3. The monoisotopic (exact) mass is 615 g/mol. The Kier molecular flexibility index (Phi) is 7.60. The van der Waals surface area contributed by atoms with Crippen LogP contribution >= 0.6 is 34.8 Å². The van der Waals surface area contributed by atoms with Gasteiger partial charge in [-0.05, 0) is 54.2 Å². The summed E-state index contributed by atoms with van der Waals surface area (Å²) >= 11 is 18.4. The van der Waals surface area contributed by atoms with E-state index < -0.39 is 29.6 Å². The quantitative estimate of drug-likeness (QED) is 0.397. The first-order chi connectivity index (χ1) is 19.6. The van der Waals surface area contributed by atoms with Crippen LogP contribution in [-0.2, 0) is 25.7 Å². The summed E-state index contributed by atoms with van der Waals surface area (Å²) in [5.74, 6) is -1.83. The summed E-state index contributed by atoms with van der Waals surface area (Å²) in [5.41, 5.74) is -0.00777. The minimum atomic E-state index is -1.25. The molecule has 0 radical (unpaired) electrons. The lowest BCUT2D eigenvalue weighted by Gasteiger charge is -2.38. The van der Waals surface area contributed by atoms with Crippen molar-refractivity contribution in [2.45, 2.75) is 63.4 Å². The minimum absolute atomic E-state index is 0.00319. The number of fused-ring (bicyclic) bond motifs is 1. The average Bonchev–Trinajstić information content (AvgIpc) is 3.55. The average molecular weight is 617 g/mol. The van der Waals surface area contributed by atoms with Gasteiger partial charge >= 0.3 is 0 Å². The minimum Gasteiger partial charge on any atom is -0.359 e. The number of amides is 3. The number of hydrogen-bond acceptors (Lipinski definition) is 4. The summed E-state index contributed by atoms with van der Waals surface area (Å²) in [5, 5.41) is 7.47. The van der Waals surface area contributed by atoms with E-state index in [2.05, 4.69) is 24.5 Å². The van der Waals surface area contributed by atoms with Gasteiger partial charge in [0.05, 0.1) is 17.9 Å². The molecule has 7 nitrogen and oxygen atoms in total. The molecule has 3 aliphatic heterocycles. The third-order valence-corrected chi connectivity index (χ3v) is 10.0. The number of hydrogen-bond donors (Lipinski definition) is 2. The third-order valence-electron chi connectivity index (χ3n) is 9.36. The largest absolute Gasteiger partial charge is 0.359 e. The van der Waals surface area contributed by atoms with E-state index >= 15 is 0 Å². The molecule has 10 heteroatoms. The maximum atomic E-state index is 14.2. The molecule has 1 saturated carbocycles. The van der Waals surface area contributed by atoms with Crippen molar-refractivity contribution in [1.82, 2.24) is 10.2 Å². The van der Waals surface area contributed by atoms with Gasteiger partial charge in [-0.25, -0.2) is 0 Å². The van der Waals surface area contributed by atoms with Gasteiger partial charge in [-0.2, -0.15) is 0 Å². The number of ether oxygens (including phenoxy) is 1. The van der Waals surface area contributed by atoms with E-state index in [9.17, 15) is 14.4 Å². The first-order valence-electron chi connectivity index (χ1n) is 14.1. The van der Waals surface area contributed by atoms with Crippen LogP contribution in [0.2, 0.25) is 15.1 Å². The van der Waals surface area contributed by atoms with Crippen LogP contribution in [0.5, 0.6) is 0 Å². The molecule has 2 bridgehead atoms. The Balaban J connectivity index is 1.33. The Morgan fingerprint density at radius 2 is 1.71 bits per heavy atom. The number of carbonyl (C=O) groups excluding carboxylic acids is 3. The molecule has 3 amide bonds. The maximum absolute atomic E-state index is 14.2. The Bertz CT molecular complexity index is 1400. The van der Waals surface area contributed by atoms with Gasteiger partial charge in [0.15, 0.2) is 0 Å². The molecule has 216 valence electrons. The van der Waals surface area contributed by atoms with Crippen LogP contribution in [0.25, 0.3) is 0 Å². The zero-order valence-corrected chi connectivity index (χ0v) is 25.0. The van der Waals surface area contributed by atoms with Crippen LogP contribution in [-0.4, -0.2) is 46.4 Å². The van der Waals surface area contributed by atoms with Gasteiger partial charge in [0.1, 0.15) is 11.6 Å². The van der Waals surface area contributed by atoms with Gasteiger partial charge in [0, 0.05) is 33.3 Å². The number of nitrogens with zero attached hydrogens (tertiary/aromatic N) is 1. The highest BCUT2D eigenvalue weighted by atomic mass is 35.5. The van der Waals surface area contributed by atoms with Crippen LogP contribution in [0, 0.1) is 23.7 Å². The standard InChI is InChI=1S/C31H32Cl3N3O4/c1-16-4-3-5-23(17(16)2)36-29(39)27-31-11-10-24(41-31)25(28(38)35-22-13-20(33)12-21(34)14-22)26(31)30(40)37(27)15-18-6-8-19(32)9-7-18/h6-14,16-17,23-27H,3-5,15H2,1-2H3,(H,35,38)(H,36,39)/t16-,17-,23+,24+,25+,26+,27+,31+/m1/s1. The van der Waals surface area contributed by atoms with Crippen molar-refractivity contribution in [2.75, 3.05) is 5.32 Å². The van der Waals surface area contributed by atoms with Gasteiger partial charge in [-0.1, -0.05) is 85.8 Å². The zero-order chi connectivity index (χ0) is 29.1. The molecule has 1 aliphatic carbocycles. The molecular weight excluding hydrogens is 585 g/mol. The molecule has 1 spiro atoms. The molecular formula is C31H32Cl3N3O4. The lowest BCUT2D eigenvalue weighted by molar-refractivity contribution is -0.142. The predicted molar refractivity (Wildman–Crippen MR) is 159 cm³/mol. The molecule has 6 rings (SSSR count). The highest BCUT2D eigenvalue weighted by Gasteiger charge is 2.72. The molecule has 3 fully saturated rings. The smallest absolute Gasteiger partial charge is 0.246 e. The molecule has 0 unspecified atom stereocenters. The Morgan fingerprint density at radius 3 is 2.41 bits per heavy atom. The van der Waals surface area contributed by atoms with E-state index in [1.165, 1.54) is 0 Å². The second-order valence-corrected chi connectivity index (χ2v) is 13.1. The zero-order valence-electron chi connectivity index (χ0n) is 22.8. The fourth-order valence-corrected chi connectivity index (χ4v) is 7.78. The molecule has 3 heterocycles. The number of likely N-dealkylation sites (tertiary alicyclic amines) is 1. The Morgan fingerprint density at radius 1 is 1.00 bits per heavy atom. The van der Waals surface area contributed by atoms with E-state index in [1.54, 1.807) is 41.3 Å². The summed E-state index contributed by atoms with van der Waals surface area (Å²) in [7, 11) is 0. The van der Waals surface area contributed by atoms with Crippen molar-refractivity contribution in [3.05, 3.63) is 75.2 Å². The molecule has 2 aromatic rings. The Hall–Kier alpha value is -2.58. The van der Waals surface area contributed by atoms with Crippen molar-refractivity contribution < 1.29 is 19.1 Å². The first kappa shape index (κ1) is 28.5. The molecule has 2 N–H and O–H groups in total. The maximum Gasteiger partial charge on any atom is 0.246 e. The molecule has 2 saturated heterocycles. The van der Waals surface area contributed by atoms with Gasteiger partial charge < -0.3 is 20.3 Å². The SMILES string of the molecule is C[C@@H]1[C@H](C)CCC[C@@H]1NC(=O)[C@@H]1N(Cc2ccc(Cl)cc2)C(=O)[C@@H]2[C@@H](C(=O)Nc3cc(Cl)cc(Cl)c3)[C@@H]3C=C[C@]21O3. The van der Waals surface area contributed by atoms with Crippen LogP contribution in [0.1, 0.15) is 38.7 Å². The van der Waals surface area contributed by atoms with E-state index in [-0.39, 0.29) is 30.3 Å². The van der Waals surface area contributed by atoms with E-state index in [0.717, 1.165) is 24.8 Å². The van der Waals surface area contributed by atoms with E-state index in [0.29, 0.717) is 32.6 Å². The molecule has 41 heavy (non-hydrogen) atoms. The van der Waals surface area contributed by atoms with Crippen molar-refractivity contribution in [3.8, 4) is 0 Å². The third kappa shape index (κ3) is 5.05. The van der Waals surface area contributed by atoms with Crippen LogP contribution in [0.15, 0.2) is 54.6 Å². The summed E-state index contributed by atoms with van der Waals surface area (Å²) in [6.45, 7) is 4.56. The molecule has 0 aromatic heterocycles. The number of anilines is 1. The normalized spacial score (nSPS) is 33.6. The summed E-state index contributed by atoms with van der Waals surface area (Å²) in [6, 6.07) is 11.0. The lowest BCUT2D eigenvalue weighted by atomic mass is 9.73. The van der Waals surface area contributed by atoms with Gasteiger partial charge in [0.2, 0.25) is 17.7 Å². The summed E-state index contributed by atoms with van der Waals surface area (Å²) in [4.78, 5) is 43.7. The van der Waals surface area contributed by atoms with E-state index in [4.69, 9.17) is 39.5 Å². The van der Waals surface area contributed by atoms with Crippen molar-refractivity contribution in [2.24, 2.45) is 23.7 Å². The summed E-state index contributed by atoms with van der Waals surface area (Å²) in [6.07, 6.45) is 6.04. The number of rotatable bonds is 6. The topological polar surface area (TPSA) is 87.7 Å². The molecule has 4 aliphatic rings. The van der Waals surface area contributed by atoms with Crippen LogP contribution in [0.4, 0.5) is 5.69 Å². The van der Waals surface area contributed by atoms with Gasteiger partial charge in [0.25, 0.3) is 0 Å². The highest BCUT2D eigenvalue weighted by molar-refractivity contribution is 6.35. The Labute approximate surface area is 254 Å². The fourth-order valence-electron chi connectivity index (χ4n) is 7.12. The van der Waals surface area contributed by atoms with Crippen LogP contribution < -0.4 is 10.6 Å². The second kappa shape index (κ2) is 10.9. The molecule has 2 aromatic carbocycles. The fraction of sp³-hybridized carbons (Fsp3) is 0.452. The number of benzene rings is 2. The summed E-state index contributed by atoms with van der Waals surface area (Å²) < 4.78 is 6.46. The predicted octanol–water partition coefficient (Wildman–Crippen LogP) is 5.88. The molecule has 8 atom stereocenters. The van der Waals surface area contributed by atoms with Crippen LogP contribution in [0.3, 0.4) is 0 Å². The van der Waals surface area contributed by atoms with Crippen molar-refractivity contribution in [3.63, 3.8) is 0 Å². The number of nitrogens with one attached hydrogen (secondary N) is 2. The lowest BCUT2D eigenvalue weighted by Crippen LogP contribution is -2.57. The van der Waals surface area contributed by atoms with Gasteiger partial charge in [-0.15, -0.1) is 0 Å². The van der Waals surface area contributed by atoms with Crippen molar-refractivity contribution in [1.29, 1.82) is 0 Å². The van der Waals surface area contributed by atoms with E-state index in [1.807, 2.05) is 18.2 Å².